The summed E-state index contributed by atoms with van der Waals surface area (Å²) in [4.78, 5) is 17.2. The summed E-state index contributed by atoms with van der Waals surface area (Å²) < 4.78 is 7.22. The lowest BCUT2D eigenvalue weighted by atomic mass is 10.2. The lowest BCUT2D eigenvalue weighted by Crippen LogP contribution is -2.21. The van der Waals surface area contributed by atoms with Crippen molar-refractivity contribution in [2.24, 2.45) is 0 Å². The minimum atomic E-state index is -0.331. The molecule has 0 radical (unpaired) electrons. The van der Waals surface area contributed by atoms with Crippen molar-refractivity contribution in [3.63, 3.8) is 0 Å². The Morgan fingerprint density at radius 1 is 1.26 bits per heavy atom. The number of benzene rings is 2. The summed E-state index contributed by atoms with van der Waals surface area (Å²) >= 11 is 7.45. The predicted octanol–water partition coefficient (Wildman–Crippen LogP) is 4.44. The maximum absolute atomic E-state index is 12.1. The smallest absolute Gasteiger partial charge is 0.264 e. The van der Waals surface area contributed by atoms with Crippen LogP contribution < -0.4 is 10.1 Å². The first-order valence-electron chi connectivity index (χ1n) is 8.18. The van der Waals surface area contributed by atoms with Crippen LogP contribution in [0, 0.1) is 6.92 Å². The first kappa shape index (κ1) is 17.5. The Bertz CT molecular complexity index is 1110. The van der Waals surface area contributed by atoms with Gasteiger partial charge in [0.25, 0.3) is 11.9 Å². The highest BCUT2D eigenvalue weighted by Crippen LogP contribution is 2.25. The van der Waals surface area contributed by atoms with Crippen molar-refractivity contribution in [1.82, 2.24) is 14.6 Å². The molecule has 2 heterocycles. The maximum Gasteiger partial charge on any atom is 0.264 e. The molecule has 0 fully saturated rings. The van der Waals surface area contributed by atoms with E-state index in [9.17, 15) is 4.79 Å². The molecule has 6 nitrogen and oxygen atoms in total. The second-order valence-corrected chi connectivity index (χ2v) is 7.11. The highest BCUT2D eigenvalue weighted by atomic mass is 35.5. The molecule has 0 spiro atoms. The molecule has 1 N–H and O–H groups in total. The second-order valence-electron chi connectivity index (χ2n) is 5.86. The molecule has 2 aromatic carbocycles. The van der Waals surface area contributed by atoms with E-state index in [0.29, 0.717) is 15.7 Å². The van der Waals surface area contributed by atoms with Crippen LogP contribution in [-0.4, -0.2) is 27.1 Å². The molecule has 27 heavy (non-hydrogen) atoms. The largest absolute Gasteiger partial charge is 0.484 e. The van der Waals surface area contributed by atoms with Gasteiger partial charge in [-0.3, -0.25) is 10.1 Å². The van der Waals surface area contributed by atoms with Gasteiger partial charge in [0.1, 0.15) is 5.75 Å². The Kier molecular flexibility index (Phi) is 4.79. The first-order valence-corrected chi connectivity index (χ1v) is 9.44. The molecule has 136 valence electrons. The third kappa shape index (κ3) is 3.79. The van der Waals surface area contributed by atoms with Gasteiger partial charge in [-0.15, -0.1) is 16.4 Å². The van der Waals surface area contributed by atoms with Gasteiger partial charge in [0.15, 0.2) is 6.61 Å². The van der Waals surface area contributed by atoms with Crippen LogP contribution in [0.2, 0.25) is 5.02 Å². The third-order valence-electron chi connectivity index (χ3n) is 3.90. The van der Waals surface area contributed by atoms with Crippen LogP contribution in [0.3, 0.4) is 0 Å². The van der Waals surface area contributed by atoms with Gasteiger partial charge in [-0.1, -0.05) is 41.9 Å². The predicted molar refractivity (Wildman–Crippen MR) is 107 cm³/mol. The first-order chi connectivity index (χ1) is 13.1. The number of nitrogens with zero attached hydrogens (tertiary/aromatic N) is 3. The molecule has 0 aliphatic carbocycles. The van der Waals surface area contributed by atoms with E-state index in [1.807, 2.05) is 42.6 Å². The van der Waals surface area contributed by atoms with Gasteiger partial charge in [0.2, 0.25) is 4.96 Å². The molecular weight excluding hydrogens is 384 g/mol. The molecule has 0 saturated heterocycles. The number of amides is 1. The number of carbonyl (C=O) groups is 1. The van der Waals surface area contributed by atoms with Gasteiger partial charge in [0.05, 0.1) is 5.69 Å². The van der Waals surface area contributed by atoms with Gasteiger partial charge in [0, 0.05) is 16.0 Å². The Morgan fingerprint density at radius 3 is 2.85 bits per heavy atom. The normalized spacial score (nSPS) is 10.9. The Balaban J connectivity index is 1.44. The average Bonchev–Trinajstić information content (AvgIpc) is 3.23. The van der Waals surface area contributed by atoms with Gasteiger partial charge in [-0.05, 0) is 30.7 Å². The SMILES string of the molecule is Cc1cc(OCC(=O)Nc2nc3scc(-c4ccccc4)n3n2)ccc1Cl. The number of nitrogens with one attached hydrogen (secondary N) is 1. The van der Waals surface area contributed by atoms with Crippen LogP contribution in [-0.2, 0) is 4.79 Å². The topological polar surface area (TPSA) is 68.5 Å². The summed E-state index contributed by atoms with van der Waals surface area (Å²) in [7, 11) is 0. The standard InChI is InChI=1S/C19H15ClN4O2S/c1-12-9-14(7-8-15(12)20)26-10-17(25)21-18-22-19-24(23-18)16(11-27-19)13-5-3-2-4-6-13/h2-9,11H,10H2,1H3,(H,21,23,25). The molecule has 0 unspecified atom stereocenters. The minimum absolute atomic E-state index is 0.139. The zero-order chi connectivity index (χ0) is 18.8. The van der Waals surface area contributed by atoms with Crippen LogP contribution in [0.25, 0.3) is 16.2 Å². The van der Waals surface area contributed by atoms with E-state index >= 15 is 0 Å². The molecule has 4 aromatic rings. The number of hydrogen-bond donors (Lipinski definition) is 1. The number of thiazole rings is 1. The molecule has 0 bridgehead atoms. The van der Waals surface area contributed by atoms with Crippen molar-refractivity contribution >= 4 is 39.8 Å². The highest BCUT2D eigenvalue weighted by Gasteiger charge is 2.13. The number of ether oxygens (including phenoxy) is 1. The van der Waals surface area contributed by atoms with E-state index in [1.54, 1.807) is 22.7 Å². The van der Waals surface area contributed by atoms with E-state index in [-0.39, 0.29) is 18.5 Å². The fourth-order valence-corrected chi connectivity index (χ4v) is 3.51. The van der Waals surface area contributed by atoms with Crippen molar-refractivity contribution in [3.05, 3.63) is 64.5 Å². The third-order valence-corrected chi connectivity index (χ3v) is 5.14. The summed E-state index contributed by atoms with van der Waals surface area (Å²) in [5.41, 5.74) is 2.85. The van der Waals surface area contributed by atoms with E-state index in [0.717, 1.165) is 16.8 Å². The van der Waals surface area contributed by atoms with E-state index < -0.39 is 0 Å². The van der Waals surface area contributed by atoms with E-state index in [2.05, 4.69) is 15.4 Å². The molecule has 0 saturated carbocycles. The molecular formula is C19H15ClN4O2S. The molecule has 0 aliphatic heterocycles. The summed E-state index contributed by atoms with van der Waals surface area (Å²) in [5, 5.41) is 9.69. The Morgan fingerprint density at radius 2 is 2.07 bits per heavy atom. The Labute approximate surface area is 164 Å². The van der Waals surface area contributed by atoms with Crippen LogP contribution >= 0.6 is 22.9 Å². The van der Waals surface area contributed by atoms with Gasteiger partial charge >= 0.3 is 0 Å². The molecule has 8 heteroatoms. The second kappa shape index (κ2) is 7.38. The Hall–Kier alpha value is -2.90. The number of rotatable bonds is 5. The van der Waals surface area contributed by atoms with Gasteiger partial charge in [-0.2, -0.15) is 4.98 Å². The quantitative estimate of drug-likeness (QED) is 0.539. The monoisotopic (exact) mass is 398 g/mol. The van der Waals surface area contributed by atoms with Crippen molar-refractivity contribution in [2.75, 3.05) is 11.9 Å². The molecule has 0 atom stereocenters. The number of fused-ring (bicyclic) bond motifs is 1. The van der Waals surface area contributed by atoms with Crippen LogP contribution in [0.15, 0.2) is 53.9 Å². The number of aromatic nitrogens is 3. The summed E-state index contributed by atoms with van der Waals surface area (Å²) in [5.74, 6) is 0.499. The number of anilines is 1. The van der Waals surface area contributed by atoms with Gasteiger partial charge < -0.3 is 4.74 Å². The highest BCUT2D eigenvalue weighted by molar-refractivity contribution is 7.15. The summed E-state index contributed by atoms with van der Waals surface area (Å²) in [6.45, 7) is 1.74. The number of aryl methyl sites for hydroxylation is 1. The number of hydrogen-bond acceptors (Lipinski definition) is 5. The fraction of sp³-hybridized carbons (Fsp3) is 0.105. The molecule has 0 aliphatic rings. The number of carbonyl (C=O) groups excluding carboxylic acids is 1. The van der Waals surface area contributed by atoms with Crippen LogP contribution in [0.4, 0.5) is 5.95 Å². The molecule has 4 rings (SSSR count). The van der Waals surface area contributed by atoms with E-state index in [1.165, 1.54) is 11.3 Å². The molecule has 2 aromatic heterocycles. The van der Waals surface area contributed by atoms with Crippen LogP contribution in [0.5, 0.6) is 5.75 Å². The van der Waals surface area contributed by atoms with Crippen LogP contribution in [0.1, 0.15) is 5.56 Å². The van der Waals surface area contributed by atoms with E-state index in [4.69, 9.17) is 16.3 Å². The van der Waals surface area contributed by atoms with Crippen molar-refractivity contribution < 1.29 is 9.53 Å². The summed E-state index contributed by atoms with van der Waals surface area (Å²) in [6.07, 6.45) is 0. The lowest BCUT2D eigenvalue weighted by molar-refractivity contribution is -0.118. The van der Waals surface area contributed by atoms with Crippen molar-refractivity contribution in [1.29, 1.82) is 0 Å². The fourth-order valence-electron chi connectivity index (χ4n) is 2.56. The summed E-state index contributed by atoms with van der Waals surface area (Å²) in [6, 6.07) is 15.1. The minimum Gasteiger partial charge on any atom is -0.484 e. The average molecular weight is 399 g/mol. The van der Waals surface area contributed by atoms with Gasteiger partial charge in [-0.25, -0.2) is 4.52 Å². The zero-order valence-electron chi connectivity index (χ0n) is 14.3. The zero-order valence-corrected chi connectivity index (χ0v) is 15.9. The maximum atomic E-state index is 12.1. The van der Waals surface area contributed by atoms with Crippen molar-refractivity contribution in [2.45, 2.75) is 6.92 Å². The van der Waals surface area contributed by atoms with Crippen molar-refractivity contribution in [3.8, 4) is 17.0 Å². The lowest BCUT2D eigenvalue weighted by Gasteiger charge is -2.07. The molecule has 1 amide bonds. The number of halogens is 1.